The Bertz CT molecular complexity index is 2120. The number of carbonyl (C=O) groups excluding carboxylic acids is 2. The summed E-state index contributed by atoms with van der Waals surface area (Å²) >= 11 is 0. The number of allylic oxidation sites excluding steroid dienone is 3. The number of carboxylic acids is 1. The average molecular weight is 723 g/mol. The number of aliphatic carboxylic acids is 1. The highest BCUT2D eigenvalue weighted by Crippen LogP contribution is 2.66. The Morgan fingerprint density at radius 1 is 0.815 bits per heavy atom. The van der Waals surface area contributed by atoms with Crippen molar-refractivity contribution in [3.8, 4) is 11.1 Å². The minimum atomic E-state index is -1.09. The number of nitrogens with zero attached hydrogens (tertiary/aromatic N) is 2. The van der Waals surface area contributed by atoms with E-state index in [1.54, 1.807) is 0 Å². The summed E-state index contributed by atoms with van der Waals surface area (Å²) in [5.74, 6) is 0.0421. The maximum absolute atomic E-state index is 13.3. The van der Waals surface area contributed by atoms with Crippen molar-refractivity contribution in [2.45, 2.75) is 84.3 Å². The first kappa shape index (κ1) is 36.0. The maximum atomic E-state index is 13.3. The molecule has 6 atom stereocenters. The van der Waals surface area contributed by atoms with E-state index in [1.807, 2.05) is 54.9 Å². The zero-order valence-electron chi connectivity index (χ0n) is 31.4. The summed E-state index contributed by atoms with van der Waals surface area (Å²) in [6.07, 6.45) is 15.6. The number of hydrogen-bond donors (Lipinski definition) is 1. The monoisotopic (exact) mass is 722 g/mol. The molecule has 7 heteroatoms. The van der Waals surface area contributed by atoms with Crippen LogP contribution in [0.2, 0.25) is 0 Å². The molecule has 0 aliphatic heterocycles. The first-order chi connectivity index (χ1) is 26.1. The summed E-state index contributed by atoms with van der Waals surface area (Å²) in [6, 6.07) is 26.6. The van der Waals surface area contributed by atoms with E-state index in [4.69, 9.17) is 4.74 Å². The molecular weight excluding hydrogens is 673 g/mol. The summed E-state index contributed by atoms with van der Waals surface area (Å²) in [5.41, 5.74) is 7.42. The molecule has 0 radical (unpaired) electrons. The predicted molar refractivity (Wildman–Crippen MR) is 211 cm³/mol. The van der Waals surface area contributed by atoms with E-state index in [-0.39, 0.29) is 42.2 Å². The Balaban J connectivity index is 0.854. The molecule has 0 bridgehead atoms. The van der Waals surface area contributed by atoms with Crippen LogP contribution in [-0.4, -0.2) is 45.5 Å². The Morgan fingerprint density at radius 3 is 2.37 bits per heavy atom. The standard InChI is InChI=1S/C47H50N2O5/c1-46-23-21-38(27-37(46)15-16-39-41-18-17-40(36-8-5-25-48-28-36)47(41,2)24-22-42(39)46)54-45(53)20-19-43(50)49(30-44(51)52)29-31-9-11-33(12-10-31)35-14-13-32-6-3-4-7-34(32)26-35/h3-15,17,25-26,28,38-39,41-42H,16,18-24,27,29-30H2,1-2H3,(H,51,52)/t38-,39-,41-,42-,46-,47+/m0/s1. The predicted octanol–water partition coefficient (Wildman–Crippen LogP) is 9.66. The number of carboxylic acid groups (broad SMARTS) is 1. The highest BCUT2D eigenvalue weighted by Gasteiger charge is 2.57. The zero-order valence-corrected chi connectivity index (χ0v) is 31.4. The van der Waals surface area contributed by atoms with Crippen molar-refractivity contribution in [3.63, 3.8) is 0 Å². The molecule has 4 aliphatic rings. The van der Waals surface area contributed by atoms with Gasteiger partial charge in [0, 0.05) is 31.8 Å². The highest BCUT2D eigenvalue weighted by atomic mass is 16.5. The molecule has 1 N–H and O–H groups in total. The first-order valence-corrected chi connectivity index (χ1v) is 19.7. The van der Waals surface area contributed by atoms with Crippen LogP contribution in [0, 0.1) is 28.6 Å². The largest absolute Gasteiger partial charge is 0.480 e. The van der Waals surface area contributed by atoms with Crippen LogP contribution in [0.3, 0.4) is 0 Å². The van der Waals surface area contributed by atoms with E-state index in [2.05, 4.69) is 67.4 Å². The van der Waals surface area contributed by atoms with Crippen LogP contribution in [-0.2, 0) is 25.7 Å². The first-order valence-electron chi connectivity index (χ1n) is 19.7. The van der Waals surface area contributed by atoms with Gasteiger partial charge in [-0.15, -0.1) is 0 Å². The van der Waals surface area contributed by atoms with Crippen LogP contribution < -0.4 is 0 Å². The maximum Gasteiger partial charge on any atom is 0.323 e. The molecule has 1 amide bonds. The van der Waals surface area contributed by atoms with Crippen LogP contribution in [0.15, 0.2) is 109 Å². The number of ether oxygens (including phenoxy) is 1. The number of rotatable bonds is 10. The molecule has 2 fully saturated rings. The summed E-state index contributed by atoms with van der Waals surface area (Å²) in [7, 11) is 0. The molecule has 0 unspecified atom stereocenters. The van der Waals surface area contributed by atoms with E-state index < -0.39 is 18.5 Å². The van der Waals surface area contributed by atoms with Crippen molar-refractivity contribution in [2.75, 3.05) is 6.54 Å². The summed E-state index contributed by atoms with van der Waals surface area (Å²) in [6.45, 7) is 4.65. The van der Waals surface area contributed by atoms with Gasteiger partial charge in [0.25, 0.3) is 0 Å². The van der Waals surface area contributed by atoms with Gasteiger partial charge in [-0.1, -0.05) is 98.3 Å². The number of esters is 1. The molecule has 0 spiro atoms. The van der Waals surface area contributed by atoms with Crippen LogP contribution in [0.4, 0.5) is 0 Å². The van der Waals surface area contributed by atoms with Gasteiger partial charge in [0.2, 0.25) is 5.91 Å². The number of carbonyl (C=O) groups is 3. The van der Waals surface area contributed by atoms with E-state index in [1.165, 1.54) is 39.8 Å². The number of fused-ring (bicyclic) bond motifs is 6. The second-order valence-corrected chi connectivity index (χ2v) is 16.6. The lowest BCUT2D eigenvalue weighted by Crippen LogP contribution is -2.50. The molecule has 278 valence electrons. The molecule has 3 aromatic carbocycles. The molecular formula is C47H50N2O5. The van der Waals surface area contributed by atoms with Gasteiger partial charge in [-0.3, -0.25) is 19.4 Å². The lowest BCUT2D eigenvalue weighted by atomic mass is 9.47. The number of benzene rings is 3. The average Bonchev–Trinajstić information content (AvgIpc) is 3.54. The van der Waals surface area contributed by atoms with Crippen molar-refractivity contribution in [2.24, 2.45) is 28.6 Å². The van der Waals surface area contributed by atoms with Crippen LogP contribution in [0.1, 0.15) is 82.8 Å². The molecule has 1 aromatic heterocycles. The Hall–Kier alpha value is -5.04. The fourth-order valence-electron chi connectivity index (χ4n) is 10.7. The van der Waals surface area contributed by atoms with E-state index in [0.717, 1.165) is 54.2 Å². The van der Waals surface area contributed by atoms with Gasteiger partial charge in [0.15, 0.2) is 0 Å². The molecule has 54 heavy (non-hydrogen) atoms. The third-order valence-electron chi connectivity index (χ3n) is 13.5. The van der Waals surface area contributed by atoms with Gasteiger partial charge in [-0.25, -0.2) is 0 Å². The van der Waals surface area contributed by atoms with E-state index in [0.29, 0.717) is 17.8 Å². The lowest BCUT2D eigenvalue weighted by molar-refractivity contribution is -0.153. The molecule has 8 rings (SSSR count). The highest BCUT2D eigenvalue weighted by molar-refractivity contribution is 5.87. The van der Waals surface area contributed by atoms with Gasteiger partial charge in [-0.05, 0) is 118 Å². The minimum Gasteiger partial charge on any atom is -0.480 e. The van der Waals surface area contributed by atoms with Crippen LogP contribution in [0.25, 0.3) is 27.5 Å². The van der Waals surface area contributed by atoms with Crippen LogP contribution in [0.5, 0.6) is 0 Å². The molecule has 4 aliphatic carbocycles. The van der Waals surface area contributed by atoms with Crippen molar-refractivity contribution >= 4 is 34.2 Å². The Kier molecular flexibility index (Phi) is 9.76. The summed E-state index contributed by atoms with van der Waals surface area (Å²) < 4.78 is 6.00. The number of amides is 1. The fraction of sp³-hybridized carbons (Fsp3) is 0.404. The normalized spacial score (nSPS) is 27.1. The summed E-state index contributed by atoms with van der Waals surface area (Å²) in [4.78, 5) is 43.9. The minimum absolute atomic E-state index is 0.0695. The Labute approximate surface area is 318 Å². The smallest absolute Gasteiger partial charge is 0.323 e. The van der Waals surface area contributed by atoms with Gasteiger partial charge >= 0.3 is 11.9 Å². The molecule has 0 saturated heterocycles. The van der Waals surface area contributed by atoms with E-state index >= 15 is 0 Å². The van der Waals surface area contributed by atoms with E-state index in [9.17, 15) is 19.5 Å². The van der Waals surface area contributed by atoms with Gasteiger partial charge in [0.05, 0.1) is 6.42 Å². The number of hydrogen-bond acceptors (Lipinski definition) is 5. The molecule has 2 saturated carbocycles. The molecule has 1 heterocycles. The zero-order chi connectivity index (χ0) is 37.5. The van der Waals surface area contributed by atoms with Crippen molar-refractivity contribution < 1.29 is 24.2 Å². The van der Waals surface area contributed by atoms with Crippen LogP contribution >= 0.6 is 0 Å². The molecule has 4 aromatic rings. The molecule has 7 nitrogen and oxygen atoms in total. The third-order valence-corrected chi connectivity index (χ3v) is 13.5. The second kappa shape index (κ2) is 14.7. The number of pyridine rings is 1. The fourth-order valence-corrected chi connectivity index (χ4v) is 10.7. The van der Waals surface area contributed by atoms with Gasteiger partial charge < -0.3 is 14.7 Å². The SMILES string of the molecule is C[C@]12CC[C@H](OC(=O)CCC(=O)N(CC(=O)O)Cc3ccc(-c4ccc5ccccc5c4)cc3)CC1=CC[C@@H]1[C@@H]2CC[C@]2(C)C(c3cccnc3)=CC[C@@H]12. The van der Waals surface area contributed by atoms with Crippen molar-refractivity contribution in [1.82, 2.24) is 9.88 Å². The van der Waals surface area contributed by atoms with Gasteiger partial charge in [-0.2, -0.15) is 0 Å². The third kappa shape index (κ3) is 6.89. The Morgan fingerprint density at radius 2 is 1.59 bits per heavy atom. The summed E-state index contributed by atoms with van der Waals surface area (Å²) in [5, 5.41) is 11.9. The van der Waals surface area contributed by atoms with Crippen molar-refractivity contribution in [1.29, 1.82) is 0 Å². The second-order valence-electron chi connectivity index (χ2n) is 16.6. The topological polar surface area (TPSA) is 96.8 Å². The van der Waals surface area contributed by atoms with Crippen molar-refractivity contribution in [3.05, 3.63) is 120 Å². The van der Waals surface area contributed by atoms with Gasteiger partial charge in [0.1, 0.15) is 12.6 Å². The lowest BCUT2D eigenvalue weighted by Gasteiger charge is -2.57. The number of aromatic nitrogens is 1. The quantitative estimate of drug-likeness (QED) is 0.129.